The maximum Gasteiger partial charge on any atom is 0.123 e. The molecule has 1 aliphatic heterocycles. The minimum absolute atomic E-state index is 0.0773. The Kier molecular flexibility index (Phi) is 5.45. The van der Waals surface area contributed by atoms with E-state index in [0.717, 1.165) is 48.3 Å². The van der Waals surface area contributed by atoms with Gasteiger partial charge in [0.1, 0.15) is 5.82 Å². The van der Waals surface area contributed by atoms with Crippen LogP contribution >= 0.6 is 10.5 Å². The predicted molar refractivity (Wildman–Crippen MR) is 136 cm³/mol. The highest BCUT2D eigenvalue weighted by atomic mass is 32.2. The molecule has 1 aromatic heterocycles. The number of aromatic nitrogens is 2. The molecule has 5 heteroatoms. The molecule has 3 nitrogen and oxygen atoms in total. The van der Waals surface area contributed by atoms with E-state index in [1.807, 2.05) is 19.3 Å². The van der Waals surface area contributed by atoms with Gasteiger partial charge in [0, 0.05) is 28.3 Å². The minimum atomic E-state index is -0.957. The third-order valence-corrected chi connectivity index (χ3v) is 8.81. The SMILES string of the molecule is C=S(C)c1cccc([C@@](C)(O)[C@H]2CCCC3=Cc4c(-c5ccc(F)cc5)ncn4C[C@@]32C)c1. The van der Waals surface area contributed by atoms with Gasteiger partial charge in [-0.25, -0.2) is 9.37 Å². The normalized spacial score (nSPS) is 24.9. The Labute approximate surface area is 197 Å². The van der Waals surface area contributed by atoms with E-state index >= 15 is 0 Å². The topological polar surface area (TPSA) is 38.1 Å². The summed E-state index contributed by atoms with van der Waals surface area (Å²) >= 11 is 0. The summed E-state index contributed by atoms with van der Waals surface area (Å²) in [6, 6.07) is 14.9. The largest absolute Gasteiger partial charge is 0.385 e. The van der Waals surface area contributed by atoms with Crippen LogP contribution in [0.25, 0.3) is 17.3 Å². The fourth-order valence-electron chi connectivity index (χ4n) is 5.92. The first-order valence-electron chi connectivity index (χ1n) is 11.5. The Balaban J connectivity index is 1.54. The van der Waals surface area contributed by atoms with Crippen LogP contribution in [0.3, 0.4) is 0 Å². The lowest BCUT2D eigenvalue weighted by molar-refractivity contribution is -0.0714. The Bertz CT molecular complexity index is 1260. The molecule has 0 saturated heterocycles. The molecule has 0 radical (unpaired) electrons. The lowest BCUT2D eigenvalue weighted by atomic mass is 9.57. The van der Waals surface area contributed by atoms with Gasteiger partial charge in [-0.05, 0) is 80.5 Å². The Morgan fingerprint density at radius 3 is 2.73 bits per heavy atom. The second kappa shape index (κ2) is 8.07. The monoisotopic (exact) mass is 462 g/mol. The van der Waals surface area contributed by atoms with Crippen LogP contribution in [0.15, 0.2) is 65.3 Å². The number of hydrogen-bond donors (Lipinski definition) is 1. The van der Waals surface area contributed by atoms with E-state index in [4.69, 9.17) is 4.98 Å². The molecule has 5 rings (SSSR count). The van der Waals surface area contributed by atoms with Gasteiger partial charge in [-0.2, -0.15) is 10.5 Å². The van der Waals surface area contributed by atoms with Gasteiger partial charge in [0.15, 0.2) is 0 Å². The van der Waals surface area contributed by atoms with Crippen molar-refractivity contribution in [3.63, 3.8) is 0 Å². The van der Waals surface area contributed by atoms with Crippen LogP contribution in [0.5, 0.6) is 0 Å². The van der Waals surface area contributed by atoms with Crippen molar-refractivity contribution in [1.29, 1.82) is 0 Å². The second-order valence-electron chi connectivity index (χ2n) is 9.96. The fourth-order valence-corrected chi connectivity index (χ4v) is 6.56. The van der Waals surface area contributed by atoms with Crippen LogP contribution in [-0.2, 0) is 12.1 Å². The summed E-state index contributed by atoms with van der Waals surface area (Å²) in [4.78, 5) is 5.87. The number of fused-ring (bicyclic) bond motifs is 2. The molecule has 0 amide bonds. The molecule has 0 spiro atoms. The summed E-state index contributed by atoms with van der Waals surface area (Å²) in [5.41, 5.74) is 4.09. The molecule has 1 unspecified atom stereocenters. The van der Waals surface area contributed by atoms with Crippen LogP contribution in [-0.4, -0.2) is 26.8 Å². The van der Waals surface area contributed by atoms with Gasteiger partial charge in [0.2, 0.25) is 0 Å². The third-order valence-electron chi connectivity index (χ3n) is 7.75. The van der Waals surface area contributed by atoms with Crippen molar-refractivity contribution >= 4 is 22.4 Å². The molecule has 3 aromatic rings. The van der Waals surface area contributed by atoms with Crippen LogP contribution in [0, 0.1) is 17.2 Å². The third kappa shape index (κ3) is 3.71. The van der Waals surface area contributed by atoms with Gasteiger partial charge < -0.3 is 9.67 Å². The predicted octanol–water partition coefficient (Wildman–Crippen LogP) is 6.49. The Morgan fingerprint density at radius 2 is 2.00 bits per heavy atom. The number of benzene rings is 2. The molecule has 1 N–H and O–H groups in total. The van der Waals surface area contributed by atoms with Gasteiger partial charge in [-0.3, -0.25) is 0 Å². The smallest absolute Gasteiger partial charge is 0.123 e. The first kappa shape index (κ1) is 22.3. The zero-order valence-electron chi connectivity index (χ0n) is 19.5. The van der Waals surface area contributed by atoms with Gasteiger partial charge in [-0.1, -0.05) is 30.5 Å². The Hall–Kier alpha value is -2.50. The summed E-state index contributed by atoms with van der Waals surface area (Å²) in [6.07, 6.45) is 9.31. The highest BCUT2D eigenvalue weighted by Crippen LogP contribution is 2.55. The first-order valence-corrected chi connectivity index (χ1v) is 13.3. The molecule has 1 fully saturated rings. The summed E-state index contributed by atoms with van der Waals surface area (Å²) in [7, 11) is -0.103. The van der Waals surface area contributed by atoms with E-state index < -0.39 is 5.60 Å². The van der Waals surface area contributed by atoms with E-state index in [1.54, 1.807) is 12.1 Å². The number of hydrogen-bond acceptors (Lipinski definition) is 2. The summed E-state index contributed by atoms with van der Waals surface area (Å²) in [5, 5.41) is 12.0. The summed E-state index contributed by atoms with van der Waals surface area (Å²) in [6.45, 7) is 5.05. The van der Waals surface area contributed by atoms with Crippen molar-refractivity contribution in [1.82, 2.24) is 9.55 Å². The zero-order valence-corrected chi connectivity index (χ0v) is 20.3. The van der Waals surface area contributed by atoms with Crippen molar-refractivity contribution in [3.05, 3.63) is 77.5 Å². The van der Waals surface area contributed by atoms with Crippen molar-refractivity contribution in [2.24, 2.45) is 11.3 Å². The number of nitrogens with zero attached hydrogens (tertiary/aromatic N) is 2. The number of allylic oxidation sites excluding steroid dienone is 1. The molecule has 1 saturated carbocycles. The van der Waals surface area contributed by atoms with Crippen LogP contribution in [0.1, 0.15) is 44.4 Å². The van der Waals surface area contributed by atoms with E-state index in [9.17, 15) is 9.50 Å². The summed E-state index contributed by atoms with van der Waals surface area (Å²) < 4.78 is 15.6. The van der Waals surface area contributed by atoms with Gasteiger partial charge in [-0.15, -0.1) is 0 Å². The van der Waals surface area contributed by atoms with E-state index in [0.29, 0.717) is 0 Å². The highest BCUT2D eigenvalue weighted by molar-refractivity contribution is 8.13. The first-order chi connectivity index (χ1) is 15.7. The minimum Gasteiger partial charge on any atom is -0.385 e. The molecule has 2 heterocycles. The second-order valence-corrected chi connectivity index (χ2v) is 11.7. The standard InChI is InChI=1S/C28H31FN2OS/c1-27-17-31-18-30-26(19-11-13-22(29)14-12-19)24(31)16-20(27)7-6-10-25(27)28(2,32)21-8-5-9-23(15-21)33(3)4/h5,8-9,11-16,18,25,32H,3,6-7,10,17H2,1-2,4H3/t25-,27-,28+,33?/m0/s1. The van der Waals surface area contributed by atoms with Crippen molar-refractivity contribution in [3.8, 4) is 11.3 Å². The highest BCUT2D eigenvalue weighted by Gasteiger charge is 2.51. The molecule has 1 aliphatic carbocycles. The molecule has 172 valence electrons. The average Bonchev–Trinajstić information content (AvgIpc) is 3.19. The lowest BCUT2D eigenvalue weighted by Crippen LogP contribution is -2.48. The van der Waals surface area contributed by atoms with Crippen LogP contribution < -0.4 is 0 Å². The van der Waals surface area contributed by atoms with Gasteiger partial charge >= 0.3 is 0 Å². The van der Waals surface area contributed by atoms with Crippen molar-refractivity contribution in [2.75, 3.05) is 6.26 Å². The number of imidazole rings is 1. The molecule has 2 aliphatic rings. The van der Waals surface area contributed by atoms with Crippen LogP contribution in [0.2, 0.25) is 0 Å². The molecular weight excluding hydrogens is 431 g/mol. The maximum atomic E-state index is 13.4. The molecule has 4 atom stereocenters. The molecule has 2 aromatic carbocycles. The van der Waals surface area contributed by atoms with Gasteiger partial charge in [0.25, 0.3) is 0 Å². The number of rotatable bonds is 4. The van der Waals surface area contributed by atoms with Gasteiger partial charge in [0.05, 0.1) is 23.3 Å². The lowest BCUT2D eigenvalue weighted by Gasteiger charge is -2.51. The zero-order chi connectivity index (χ0) is 23.4. The van der Waals surface area contributed by atoms with E-state index in [1.165, 1.54) is 22.6 Å². The van der Waals surface area contributed by atoms with E-state index in [2.05, 4.69) is 47.9 Å². The maximum absolute atomic E-state index is 13.4. The average molecular weight is 463 g/mol. The quantitative estimate of drug-likeness (QED) is 0.450. The number of halogens is 1. The van der Waals surface area contributed by atoms with E-state index in [-0.39, 0.29) is 27.6 Å². The number of aliphatic hydroxyl groups is 1. The van der Waals surface area contributed by atoms with Crippen molar-refractivity contribution < 1.29 is 9.50 Å². The fraction of sp³-hybridized carbons (Fsp3) is 0.357. The van der Waals surface area contributed by atoms with Crippen molar-refractivity contribution in [2.45, 2.75) is 50.2 Å². The molecule has 33 heavy (non-hydrogen) atoms. The van der Waals surface area contributed by atoms with Crippen LogP contribution in [0.4, 0.5) is 4.39 Å². The molecule has 0 bridgehead atoms. The Morgan fingerprint density at radius 1 is 1.24 bits per heavy atom. The summed E-state index contributed by atoms with van der Waals surface area (Å²) in [5.74, 6) is 4.02. The molecular formula is C28H31FN2OS.